The lowest BCUT2D eigenvalue weighted by molar-refractivity contribution is 0.174. The van der Waals surface area contributed by atoms with Crippen LogP contribution in [0.4, 0.5) is 8.78 Å². The molecule has 0 saturated carbocycles. The van der Waals surface area contributed by atoms with Crippen LogP contribution in [0.1, 0.15) is 11.4 Å². The predicted molar refractivity (Wildman–Crippen MR) is 87.3 cm³/mol. The van der Waals surface area contributed by atoms with Gasteiger partial charge in [-0.15, -0.1) is 0 Å². The standard InChI is InChI=1S/C16H8Cl2F2N2O2/c17-8-1-7(3-14-15(8)24-6-23-14)2-9(18)16-21-12-4-10(19)11(20)5-13(12)22-16/h1-5H,6H2,(H,21,22)/b9-2-. The fourth-order valence-corrected chi connectivity index (χ4v) is 2.89. The smallest absolute Gasteiger partial charge is 0.231 e. The second-order valence-corrected chi connectivity index (χ2v) is 5.91. The van der Waals surface area contributed by atoms with Gasteiger partial charge in [0.05, 0.1) is 21.1 Å². The first kappa shape index (κ1) is 15.2. The summed E-state index contributed by atoms with van der Waals surface area (Å²) in [5.74, 6) is -0.638. The van der Waals surface area contributed by atoms with Crippen molar-refractivity contribution >= 4 is 45.3 Å². The van der Waals surface area contributed by atoms with E-state index >= 15 is 0 Å². The van der Waals surface area contributed by atoms with Gasteiger partial charge in [-0.25, -0.2) is 13.8 Å². The van der Waals surface area contributed by atoms with E-state index in [1.807, 2.05) is 0 Å². The highest BCUT2D eigenvalue weighted by atomic mass is 35.5. The average molecular weight is 369 g/mol. The molecule has 4 nitrogen and oxygen atoms in total. The molecule has 0 unspecified atom stereocenters. The Morgan fingerprint density at radius 1 is 1.17 bits per heavy atom. The highest BCUT2D eigenvalue weighted by molar-refractivity contribution is 6.50. The minimum atomic E-state index is -0.969. The van der Waals surface area contributed by atoms with Crippen molar-refractivity contribution in [1.82, 2.24) is 9.97 Å². The largest absolute Gasteiger partial charge is 0.454 e. The second kappa shape index (κ2) is 5.65. The van der Waals surface area contributed by atoms with Crippen LogP contribution in [0, 0.1) is 11.6 Å². The molecule has 0 fully saturated rings. The summed E-state index contributed by atoms with van der Waals surface area (Å²) in [6, 6.07) is 5.42. The maximum atomic E-state index is 13.3. The first-order valence-electron chi connectivity index (χ1n) is 6.83. The summed E-state index contributed by atoms with van der Waals surface area (Å²) >= 11 is 12.4. The van der Waals surface area contributed by atoms with Gasteiger partial charge in [0.1, 0.15) is 5.82 Å². The number of halogens is 4. The zero-order valence-electron chi connectivity index (χ0n) is 11.9. The summed E-state index contributed by atoms with van der Waals surface area (Å²) in [5.41, 5.74) is 1.30. The molecule has 1 aromatic heterocycles. The van der Waals surface area contributed by atoms with Crippen molar-refractivity contribution in [2.75, 3.05) is 6.79 Å². The first-order chi connectivity index (χ1) is 11.5. The summed E-state index contributed by atoms with van der Waals surface area (Å²) in [6.45, 7) is 0.108. The third-order valence-corrected chi connectivity index (χ3v) is 4.06. The number of H-pyrrole nitrogens is 1. The number of imidazole rings is 1. The number of nitrogens with zero attached hydrogens (tertiary/aromatic N) is 1. The zero-order valence-corrected chi connectivity index (χ0v) is 13.4. The zero-order chi connectivity index (χ0) is 16.8. The Hall–Kier alpha value is -2.31. The fraction of sp³-hybridized carbons (Fsp3) is 0.0625. The van der Waals surface area contributed by atoms with Gasteiger partial charge in [-0.2, -0.15) is 0 Å². The van der Waals surface area contributed by atoms with Gasteiger partial charge < -0.3 is 14.5 Å². The highest BCUT2D eigenvalue weighted by Crippen LogP contribution is 2.40. The first-order valence-corrected chi connectivity index (χ1v) is 7.58. The van der Waals surface area contributed by atoms with Crippen LogP contribution in [-0.4, -0.2) is 16.8 Å². The third-order valence-electron chi connectivity index (χ3n) is 3.49. The molecule has 0 bridgehead atoms. The molecule has 0 saturated heterocycles. The lowest BCUT2D eigenvalue weighted by Crippen LogP contribution is -1.93. The number of hydrogen-bond acceptors (Lipinski definition) is 3. The Labute approximate surface area is 144 Å². The van der Waals surface area contributed by atoms with Crippen LogP contribution < -0.4 is 9.47 Å². The van der Waals surface area contributed by atoms with E-state index in [4.69, 9.17) is 32.7 Å². The lowest BCUT2D eigenvalue weighted by Gasteiger charge is -2.02. The van der Waals surface area contributed by atoms with Crippen LogP contribution in [-0.2, 0) is 0 Å². The molecular weight excluding hydrogens is 361 g/mol. The molecule has 2 heterocycles. The van der Waals surface area contributed by atoms with Gasteiger partial charge >= 0.3 is 0 Å². The Balaban J connectivity index is 1.74. The van der Waals surface area contributed by atoms with Gasteiger partial charge in [0.2, 0.25) is 6.79 Å². The maximum absolute atomic E-state index is 13.3. The molecule has 3 aromatic rings. The molecule has 2 aromatic carbocycles. The number of nitrogens with one attached hydrogen (secondary N) is 1. The average Bonchev–Trinajstić information content (AvgIpc) is 3.14. The fourth-order valence-electron chi connectivity index (χ4n) is 2.40. The number of hydrogen-bond donors (Lipinski definition) is 1. The van der Waals surface area contributed by atoms with Crippen molar-refractivity contribution in [3.63, 3.8) is 0 Å². The van der Waals surface area contributed by atoms with Crippen molar-refractivity contribution in [3.05, 3.63) is 52.3 Å². The molecule has 0 spiro atoms. The second-order valence-electron chi connectivity index (χ2n) is 5.10. The molecule has 0 radical (unpaired) electrons. The molecule has 0 atom stereocenters. The third kappa shape index (κ3) is 2.57. The molecule has 122 valence electrons. The van der Waals surface area contributed by atoms with Crippen molar-refractivity contribution in [1.29, 1.82) is 0 Å². The number of ether oxygens (including phenoxy) is 2. The molecule has 1 aliphatic rings. The van der Waals surface area contributed by atoms with E-state index in [1.54, 1.807) is 18.2 Å². The van der Waals surface area contributed by atoms with E-state index in [2.05, 4.69) is 9.97 Å². The monoisotopic (exact) mass is 368 g/mol. The molecule has 1 N–H and O–H groups in total. The normalized spacial score (nSPS) is 13.8. The van der Waals surface area contributed by atoms with E-state index < -0.39 is 11.6 Å². The number of rotatable bonds is 2. The van der Waals surface area contributed by atoms with E-state index in [1.165, 1.54) is 0 Å². The van der Waals surface area contributed by atoms with E-state index in [0.29, 0.717) is 27.6 Å². The molecule has 1 aliphatic heterocycles. The minimum absolute atomic E-state index is 0.108. The Kier molecular flexibility index (Phi) is 3.58. The number of aromatic amines is 1. The van der Waals surface area contributed by atoms with Gasteiger partial charge in [-0.1, -0.05) is 23.2 Å². The Morgan fingerprint density at radius 3 is 2.79 bits per heavy atom. The quantitative estimate of drug-likeness (QED) is 0.695. The summed E-state index contributed by atoms with van der Waals surface area (Å²) in [6.07, 6.45) is 1.61. The predicted octanol–water partition coefficient (Wildman–Crippen LogP) is 4.96. The Bertz CT molecular complexity index is 962. The van der Waals surface area contributed by atoms with Crippen LogP contribution >= 0.6 is 23.2 Å². The van der Waals surface area contributed by atoms with Gasteiger partial charge in [0.25, 0.3) is 0 Å². The SMILES string of the molecule is Fc1cc2nc(/C(Cl)=C/c3cc(Cl)c4c(c3)OCO4)[nH]c2cc1F. The summed E-state index contributed by atoms with van der Waals surface area (Å²) in [5, 5.41) is 0.649. The van der Waals surface area contributed by atoms with Crippen LogP contribution in [0.15, 0.2) is 24.3 Å². The molecule has 0 aliphatic carbocycles. The summed E-state index contributed by atoms with van der Waals surface area (Å²) < 4.78 is 37.1. The van der Waals surface area contributed by atoms with Gasteiger partial charge in [0, 0.05) is 12.1 Å². The van der Waals surface area contributed by atoms with E-state index in [0.717, 1.165) is 12.1 Å². The van der Waals surface area contributed by atoms with Crippen molar-refractivity contribution in [2.24, 2.45) is 0 Å². The molecular formula is C16H8Cl2F2N2O2. The van der Waals surface area contributed by atoms with Gasteiger partial charge in [0.15, 0.2) is 23.1 Å². The number of aromatic nitrogens is 2. The lowest BCUT2D eigenvalue weighted by atomic mass is 10.2. The van der Waals surface area contributed by atoms with Gasteiger partial charge in [-0.05, 0) is 23.8 Å². The topological polar surface area (TPSA) is 47.1 Å². The number of fused-ring (bicyclic) bond motifs is 2. The van der Waals surface area contributed by atoms with Crippen LogP contribution in [0.2, 0.25) is 5.02 Å². The van der Waals surface area contributed by atoms with Crippen LogP contribution in [0.3, 0.4) is 0 Å². The van der Waals surface area contributed by atoms with Crippen molar-refractivity contribution < 1.29 is 18.3 Å². The molecule has 4 rings (SSSR count). The van der Waals surface area contributed by atoms with Gasteiger partial charge in [-0.3, -0.25) is 0 Å². The van der Waals surface area contributed by atoms with E-state index in [9.17, 15) is 8.78 Å². The summed E-state index contributed by atoms with van der Waals surface area (Å²) in [7, 11) is 0. The van der Waals surface area contributed by atoms with Crippen LogP contribution in [0.5, 0.6) is 11.5 Å². The summed E-state index contributed by atoms with van der Waals surface area (Å²) in [4.78, 5) is 7.00. The number of benzene rings is 2. The molecule has 0 amide bonds. The highest BCUT2D eigenvalue weighted by Gasteiger charge is 2.18. The molecule has 24 heavy (non-hydrogen) atoms. The maximum Gasteiger partial charge on any atom is 0.231 e. The van der Waals surface area contributed by atoms with Crippen molar-refractivity contribution in [3.8, 4) is 11.5 Å². The molecule has 8 heteroatoms. The van der Waals surface area contributed by atoms with E-state index in [-0.39, 0.29) is 23.2 Å². The van der Waals surface area contributed by atoms with Crippen molar-refractivity contribution in [2.45, 2.75) is 0 Å². The van der Waals surface area contributed by atoms with Crippen LogP contribution in [0.25, 0.3) is 22.1 Å². The minimum Gasteiger partial charge on any atom is -0.454 e. The Morgan fingerprint density at radius 2 is 1.96 bits per heavy atom.